The summed E-state index contributed by atoms with van der Waals surface area (Å²) in [7, 11) is 0. The molecule has 1 amide bonds. The fourth-order valence-electron chi connectivity index (χ4n) is 2.94. The van der Waals surface area contributed by atoms with Gasteiger partial charge in [0.25, 0.3) is 0 Å². The van der Waals surface area contributed by atoms with Crippen molar-refractivity contribution < 1.29 is 4.79 Å². The molecule has 0 bridgehead atoms. The molecule has 0 aromatic heterocycles. The molecule has 1 aliphatic heterocycles. The van der Waals surface area contributed by atoms with Gasteiger partial charge in [-0.1, -0.05) is 24.3 Å². The van der Waals surface area contributed by atoms with E-state index in [1.54, 1.807) is 0 Å². The highest BCUT2D eigenvalue weighted by Gasteiger charge is 2.36. The monoisotopic (exact) mass is 244 g/mol. The van der Waals surface area contributed by atoms with Crippen LogP contribution in [0.3, 0.4) is 0 Å². The molecule has 2 N–H and O–H groups in total. The van der Waals surface area contributed by atoms with E-state index in [1.165, 1.54) is 12.0 Å². The van der Waals surface area contributed by atoms with Gasteiger partial charge >= 0.3 is 0 Å². The lowest BCUT2D eigenvalue weighted by Crippen LogP contribution is -2.54. The van der Waals surface area contributed by atoms with E-state index in [2.05, 4.69) is 29.7 Å². The Kier molecular flexibility index (Phi) is 2.86. The number of amides is 1. The number of carbonyl (C=O) groups excluding carboxylic acids is 1. The molecule has 2 aliphatic rings. The van der Waals surface area contributed by atoms with E-state index in [0.29, 0.717) is 0 Å². The van der Waals surface area contributed by atoms with Crippen LogP contribution in [0.15, 0.2) is 24.3 Å². The first-order valence-electron chi connectivity index (χ1n) is 6.81. The third kappa shape index (κ3) is 2.03. The summed E-state index contributed by atoms with van der Waals surface area (Å²) in [4.78, 5) is 12.4. The standard InChI is InChI=1S/C15H20N2O/c1-15(8-4-9-15)17-14(18)13-12-6-3-2-5-11(12)7-10-16-13/h2-3,5-6,13,16H,4,7-10H2,1H3,(H,17,18). The van der Waals surface area contributed by atoms with Crippen molar-refractivity contribution in [1.29, 1.82) is 0 Å². The lowest BCUT2D eigenvalue weighted by molar-refractivity contribution is -0.126. The van der Waals surface area contributed by atoms with E-state index in [4.69, 9.17) is 0 Å². The van der Waals surface area contributed by atoms with Gasteiger partial charge in [-0.2, -0.15) is 0 Å². The summed E-state index contributed by atoms with van der Waals surface area (Å²) >= 11 is 0. The summed E-state index contributed by atoms with van der Waals surface area (Å²) in [5, 5.41) is 6.54. The molecule has 1 unspecified atom stereocenters. The Balaban J connectivity index is 1.79. The van der Waals surface area contributed by atoms with Gasteiger partial charge in [-0.15, -0.1) is 0 Å². The van der Waals surface area contributed by atoms with Gasteiger partial charge in [-0.3, -0.25) is 4.79 Å². The maximum Gasteiger partial charge on any atom is 0.242 e. The van der Waals surface area contributed by atoms with Gasteiger partial charge in [0.15, 0.2) is 0 Å². The number of carbonyl (C=O) groups is 1. The molecule has 1 saturated carbocycles. The highest BCUT2D eigenvalue weighted by atomic mass is 16.2. The Labute approximate surface area is 108 Å². The van der Waals surface area contributed by atoms with E-state index in [0.717, 1.165) is 31.4 Å². The fourth-order valence-corrected chi connectivity index (χ4v) is 2.94. The van der Waals surface area contributed by atoms with E-state index in [1.807, 2.05) is 12.1 Å². The van der Waals surface area contributed by atoms with Crippen molar-refractivity contribution in [2.75, 3.05) is 6.54 Å². The summed E-state index contributed by atoms with van der Waals surface area (Å²) in [6.45, 7) is 3.02. The number of fused-ring (bicyclic) bond motifs is 1. The van der Waals surface area contributed by atoms with Crippen LogP contribution in [0.4, 0.5) is 0 Å². The van der Waals surface area contributed by atoms with Crippen molar-refractivity contribution in [2.45, 2.75) is 44.2 Å². The Morgan fingerprint density at radius 3 is 2.89 bits per heavy atom. The van der Waals surface area contributed by atoms with Crippen molar-refractivity contribution in [3.8, 4) is 0 Å². The van der Waals surface area contributed by atoms with Gasteiger partial charge in [0.1, 0.15) is 6.04 Å². The lowest BCUT2D eigenvalue weighted by atomic mass is 9.78. The summed E-state index contributed by atoms with van der Waals surface area (Å²) in [5.41, 5.74) is 2.48. The van der Waals surface area contributed by atoms with Gasteiger partial charge in [-0.25, -0.2) is 0 Å². The number of benzene rings is 1. The molecule has 3 heteroatoms. The van der Waals surface area contributed by atoms with E-state index in [9.17, 15) is 4.79 Å². The normalized spacial score (nSPS) is 24.8. The van der Waals surface area contributed by atoms with Gasteiger partial charge in [-0.05, 0) is 43.7 Å². The number of hydrogen-bond donors (Lipinski definition) is 2. The Morgan fingerprint density at radius 1 is 1.39 bits per heavy atom. The average molecular weight is 244 g/mol. The SMILES string of the molecule is CC1(NC(=O)C2NCCc3ccccc32)CCC1. The molecule has 0 saturated heterocycles. The highest BCUT2D eigenvalue weighted by Crippen LogP contribution is 2.32. The van der Waals surface area contributed by atoms with Crippen LogP contribution in [0.2, 0.25) is 0 Å². The first kappa shape index (κ1) is 11.7. The second kappa shape index (κ2) is 4.39. The van der Waals surface area contributed by atoms with Crippen LogP contribution in [0.5, 0.6) is 0 Å². The Bertz CT molecular complexity index is 465. The van der Waals surface area contributed by atoms with Crippen LogP contribution in [-0.4, -0.2) is 18.0 Å². The maximum atomic E-state index is 12.4. The summed E-state index contributed by atoms with van der Waals surface area (Å²) in [6, 6.07) is 8.08. The third-order valence-electron chi connectivity index (χ3n) is 4.25. The molecule has 3 rings (SSSR count). The zero-order valence-corrected chi connectivity index (χ0v) is 10.8. The first-order chi connectivity index (χ1) is 8.68. The fraction of sp³-hybridized carbons (Fsp3) is 0.533. The van der Waals surface area contributed by atoms with Crippen molar-refractivity contribution in [3.05, 3.63) is 35.4 Å². The molecular weight excluding hydrogens is 224 g/mol. The molecule has 3 nitrogen and oxygen atoms in total. The molecule has 1 aromatic rings. The minimum atomic E-state index is -0.174. The van der Waals surface area contributed by atoms with Crippen molar-refractivity contribution >= 4 is 5.91 Å². The number of rotatable bonds is 2. The maximum absolute atomic E-state index is 12.4. The van der Waals surface area contributed by atoms with Crippen molar-refractivity contribution in [2.24, 2.45) is 0 Å². The summed E-state index contributed by atoms with van der Waals surface area (Å²) in [6.07, 6.45) is 4.45. The molecule has 0 radical (unpaired) electrons. The van der Waals surface area contributed by atoms with Crippen LogP contribution in [0, 0.1) is 0 Å². The third-order valence-corrected chi connectivity index (χ3v) is 4.25. The second-order valence-electron chi connectivity index (χ2n) is 5.74. The quantitative estimate of drug-likeness (QED) is 0.834. The molecule has 1 heterocycles. The van der Waals surface area contributed by atoms with Crippen molar-refractivity contribution in [3.63, 3.8) is 0 Å². The number of nitrogens with one attached hydrogen (secondary N) is 2. The molecular formula is C15H20N2O. The molecule has 1 aromatic carbocycles. The average Bonchev–Trinajstić information content (AvgIpc) is 2.36. The topological polar surface area (TPSA) is 41.1 Å². The second-order valence-corrected chi connectivity index (χ2v) is 5.74. The van der Waals surface area contributed by atoms with Gasteiger partial charge in [0.2, 0.25) is 5.91 Å². The van der Waals surface area contributed by atoms with Crippen molar-refractivity contribution in [1.82, 2.24) is 10.6 Å². The van der Waals surface area contributed by atoms with Crippen LogP contribution >= 0.6 is 0 Å². The van der Waals surface area contributed by atoms with Crippen LogP contribution in [0.25, 0.3) is 0 Å². The Hall–Kier alpha value is -1.35. The van der Waals surface area contributed by atoms with E-state index in [-0.39, 0.29) is 17.5 Å². The zero-order chi connectivity index (χ0) is 12.6. The lowest BCUT2D eigenvalue weighted by Gasteiger charge is -2.40. The minimum Gasteiger partial charge on any atom is -0.349 e. The van der Waals surface area contributed by atoms with Crippen LogP contribution in [-0.2, 0) is 11.2 Å². The van der Waals surface area contributed by atoms with Gasteiger partial charge in [0.05, 0.1) is 0 Å². The van der Waals surface area contributed by atoms with E-state index < -0.39 is 0 Å². The minimum absolute atomic E-state index is 0.0329. The smallest absolute Gasteiger partial charge is 0.242 e. The predicted molar refractivity (Wildman–Crippen MR) is 71.3 cm³/mol. The van der Waals surface area contributed by atoms with Crippen LogP contribution in [0.1, 0.15) is 43.4 Å². The number of hydrogen-bond acceptors (Lipinski definition) is 2. The molecule has 1 fully saturated rings. The predicted octanol–water partition coefficient (Wildman–Crippen LogP) is 1.93. The van der Waals surface area contributed by atoms with Crippen LogP contribution < -0.4 is 10.6 Å². The van der Waals surface area contributed by atoms with E-state index >= 15 is 0 Å². The van der Waals surface area contributed by atoms with Gasteiger partial charge < -0.3 is 10.6 Å². The molecule has 1 atom stereocenters. The summed E-state index contributed by atoms with van der Waals surface area (Å²) in [5.74, 6) is 0.129. The molecule has 18 heavy (non-hydrogen) atoms. The Morgan fingerprint density at radius 2 is 2.17 bits per heavy atom. The molecule has 96 valence electrons. The zero-order valence-electron chi connectivity index (χ0n) is 10.8. The van der Waals surface area contributed by atoms with Gasteiger partial charge in [0, 0.05) is 12.1 Å². The largest absolute Gasteiger partial charge is 0.349 e. The summed E-state index contributed by atoms with van der Waals surface area (Å²) < 4.78 is 0. The highest BCUT2D eigenvalue weighted by molar-refractivity contribution is 5.84. The molecule has 1 aliphatic carbocycles. The molecule has 0 spiro atoms. The first-order valence-corrected chi connectivity index (χ1v) is 6.81.